The first-order chi connectivity index (χ1) is 15.5. The van der Waals surface area contributed by atoms with E-state index in [1.54, 1.807) is 20.1 Å². The lowest BCUT2D eigenvalue weighted by Crippen LogP contribution is -2.43. The Labute approximate surface area is 193 Å². The lowest BCUT2D eigenvalue weighted by Gasteiger charge is -2.35. The Morgan fingerprint density at radius 3 is 2.44 bits per heavy atom. The molecule has 0 radical (unpaired) electrons. The van der Waals surface area contributed by atoms with Crippen LogP contribution in [0.5, 0.6) is 5.75 Å². The van der Waals surface area contributed by atoms with Crippen LogP contribution in [0.2, 0.25) is 0 Å². The third-order valence-electron chi connectivity index (χ3n) is 5.41. The first-order valence-corrected chi connectivity index (χ1v) is 11.5. The maximum Gasteiger partial charge on any atom is 0.318 e. The van der Waals surface area contributed by atoms with Gasteiger partial charge in [-0.05, 0) is 36.8 Å². The number of hydrogen-bond donors (Lipinski definition) is 1. The molecule has 2 unspecified atom stereocenters. The van der Waals surface area contributed by atoms with Gasteiger partial charge in [-0.15, -0.1) is 11.8 Å². The van der Waals surface area contributed by atoms with Crippen molar-refractivity contribution >= 4 is 23.6 Å². The minimum atomic E-state index is -0.408. The van der Waals surface area contributed by atoms with Crippen LogP contribution in [-0.4, -0.2) is 69.1 Å². The van der Waals surface area contributed by atoms with Crippen molar-refractivity contribution < 1.29 is 23.8 Å². The second-order valence-corrected chi connectivity index (χ2v) is 8.81. The molecule has 1 aliphatic heterocycles. The summed E-state index contributed by atoms with van der Waals surface area (Å²) in [4.78, 5) is 28.0. The molecule has 0 bridgehead atoms. The molecule has 32 heavy (non-hydrogen) atoms. The van der Waals surface area contributed by atoms with Crippen molar-refractivity contribution in [1.29, 1.82) is 0 Å². The molecule has 8 heteroatoms. The number of methoxy groups -OCH3 is 2. The molecular formula is C24H30N2O5S. The molecule has 172 valence electrons. The standard InChI is InChI=1S/C24H30N2O5S/c1-17(24(28)30-3)32-22-7-5-4-6-20(22)23(27)25-16-21(26-12-14-31-15-13-26)18-8-10-19(29-2)11-9-18/h4-11,17,21H,12-16H2,1-3H3,(H,25,27). The highest BCUT2D eigenvalue weighted by atomic mass is 32.2. The van der Waals surface area contributed by atoms with Crippen molar-refractivity contribution in [3.8, 4) is 5.75 Å². The molecule has 7 nitrogen and oxygen atoms in total. The SMILES string of the molecule is COC(=O)C(C)Sc1ccccc1C(=O)NCC(c1ccc(OC)cc1)N1CCOCC1. The van der Waals surface area contributed by atoms with Crippen LogP contribution in [0.25, 0.3) is 0 Å². The van der Waals surface area contributed by atoms with Gasteiger partial charge in [-0.1, -0.05) is 24.3 Å². The van der Waals surface area contributed by atoms with Crippen LogP contribution < -0.4 is 10.1 Å². The Morgan fingerprint density at radius 1 is 1.09 bits per heavy atom. The van der Waals surface area contributed by atoms with Crippen LogP contribution in [0.4, 0.5) is 0 Å². The zero-order chi connectivity index (χ0) is 22.9. The summed E-state index contributed by atoms with van der Waals surface area (Å²) in [5, 5.41) is 2.69. The van der Waals surface area contributed by atoms with Gasteiger partial charge in [-0.2, -0.15) is 0 Å². The Bertz CT molecular complexity index is 900. The van der Waals surface area contributed by atoms with E-state index < -0.39 is 5.25 Å². The molecule has 0 aromatic heterocycles. The molecule has 1 heterocycles. The number of morpholine rings is 1. The lowest BCUT2D eigenvalue weighted by molar-refractivity contribution is -0.139. The molecule has 2 aromatic carbocycles. The molecule has 1 amide bonds. The predicted octanol–water partition coefficient (Wildman–Crippen LogP) is 3.15. The zero-order valence-electron chi connectivity index (χ0n) is 18.7. The highest BCUT2D eigenvalue weighted by Gasteiger charge is 2.24. The smallest absolute Gasteiger partial charge is 0.318 e. The highest BCUT2D eigenvalue weighted by Crippen LogP contribution is 2.28. The number of carbonyl (C=O) groups excluding carboxylic acids is 2. The monoisotopic (exact) mass is 458 g/mol. The molecule has 0 aliphatic carbocycles. The van der Waals surface area contributed by atoms with Gasteiger partial charge < -0.3 is 19.5 Å². The summed E-state index contributed by atoms with van der Waals surface area (Å²) in [6.07, 6.45) is 0. The molecule has 0 saturated carbocycles. The Balaban J connectivity index is 1.74. The average molecular weight is 459 g/mol. The number of thioether (sulfide) groups is 1. The van der Waals surface area contributed by atoms with Gasteiger partial charge in [0.15, 0.2) is 0 Å². The number of rotatable bonds is 9. The van der Waals surface area contributed by atoms with Crippen LogP contribution >= 0.6 is 11.8 Å². The largest absolute Gasteiger partial charge is 0.497 e. The van der Waals surface area contributed by atoms with E-state index in [-0.39, 0.29) is 17.9 Å². The van der Waals surface area contributed by atoms with Gasteiger partial charge in [-0.3, -0.25) is 14.5 Å². The Morgan fingerprint density at radius 2 is 1.78 bits per heavy atom. The fraction of sp³-hybridized carbons (Fsp3) is 0.417. The number of benzene rings is 2. The van der Waals surface area contributed by atoms with E-state index in [1.807, 2.05) is 42.5 Å². The first-order valence-electron chi connectivity index (χ1n) is 10.6. The van der Waals surface area contributed by atoms with Gasteiger partial charge in [0, 0.05) is 24.5 Å². The zero-order valence-corrected chi connectivity index (χ0v) is 19.5. The minimum absolute atomic E-state index is 0.0163. The molecule has 0 spiro atoms. The van der Waals surface area contributed by atoms with Crippen LogP contribution in [-0.2, 0) is 14.3 Å². The van der Waals surface area contributed by atoms with Gasteiger partial charge in [0.05, 0.1) is 39.0 Å². The second kappa shape index (κ2) is 11.9. The van der Waals surface area contributed by atoms with Crippen molar-refractivity contribution in [2.75, 3.05) is 47.1 Å². The summed E-state index contributed by atoms with van der Waals surface area (Å²) in [7, 11) is 3.01. The lowest BCUT2D eigenvalue weighted by atomic mass is 10.0. The normalized spacial score (nSPS) is 16.1. The van der Waals surface area contributed by atoms with Crippen LogP contribution in [0.3, 0.4) is 0 Å². The van der Waals surface area contributed by atoms with E-state index in [4.69, 9.17) is 14.2 Å². The summed E-state index contributed by atoms with van der Waals surface area (Å²) in [6, 6.07) is 15.3. The van der Waals surface area contributed by atoms with Crippen molar-refractivity contribution in [2.24, 2.45) is 0 Å². The molecule has 1 fully saturated rings. The highest BCUT2D eigenvalue weighted by molar-refractivity contribution is 8.00. The van der Waals surface area contributed by atoms with E-state index in [9.17, 15) is 9.59 Å². The summed E-state index contributed by atoms with van der Waals surface area (Å²) >= 11 is 1.32. The fourth-order valence-corrected chi connectivity index (χ4v) is 4.64. The number of hydrogen-bond acceptors (Lipinski definition) is 7. The van der Waals surface area contributed by atoms with E-state index in [0.29, 0.717) is 25.3 Å². The Hall–Kier alpha value is -2.55. The third-order valence-corrected chi connectivity index (χ3v) is 6.57. The van der Waals surface area contributed by atoms with E-state index in [0.717, 1.165) is 29.3 Å². The van der Waals surface area contributed by atoms with Crippen molar-refractivity contribution in [1.82, 2.24) is 10.2 Å². The van der Waals surface area contributed by atoms with Crippen molar-refractivity contribution in [3.05, 3.63) is 59.7 Å². The van der Waals surface area contributed by atoms with Crippen LogP contribution in [0, 0.1) is 0 Å². The number of nitrogens with zero attached hydrogens (tertiary/aromatic N) is 1. The number of ether oxygens (including phenoxy) is 3. The van der Waals surface area contributed by atoms with Gasteiger partial charge in [0.1, 0.15) is 11.0 Å². The quantitative estimate of drug-likeness (QED) is 0.457. The number of amides is 1. The molecular weight excluding hydrogens is 428 g/mol. The maximum atomic E-state index is 13.1. The second-order valence-electron chi connectivity index (χ2n) is 7.43. The van der Waals surface area contributed by atoms with Crippen molar-refractivity contribution in [3.63, 3.8) is 0 Å². The van der Waals surface area contributed by atoms with Crippen LogP contribution in [0.15, 0.2) is 53.4 Å². The van der Waals surface area contributed by atoms with E-state index >= 15 is 0 Å². The predicted molar refractivity (Wildman–Crippen MR) is 124 cm³/mol. The molecule has 2 atom stereocenters. The van der Waals surface area contributed by atoms with Crippen molar-refractivity contribution in [2.45, 2.75) is 23.1 Å². The van der Waals surface area contributed by atoms with E-state index in [2.05, 4.69) is 10.2 Å². The van der Waals surface area contributed by atoms with Gasteiger partial charge >= 0.3 is 5.97 Å². The number of carbonyl (C=O) groups is 2. The Kier molecular flexibility index (Phi) is 8.96. The fourth-order valence-electron chi connectivity index (χ4n) is 3.62. The van der Waals surface area contributed by atoms with Gasteiger partial charge in [-0.25, -0.2) is 0 Å². The molecule has 3 rings (SSSR count). The summed E-state index contributed by atoms with van der Waals surface area (Å²) in [6.45, 7) is 5.17. The molecule has 1 aliphatic rings. The summed E-state index contributed by atoms with van der Waals surface area (Å²) in [5.41, 5.74) is 1.65. The third kappa shape index (κ3) is 6.25. The topological polar surface area (TPSA) is 77.1 Å². The van der Waals surface area contributed by atoms with Crippen LogP contribution in [0.1, 0.15) is 28.9 Å². The van der Waals surface area contributed by atoms with Gasteiger partial charge in [0.2, 0.25) is 0 Å². The molecule has 2 aromatic rings. The number of esters is 1. The summed E-state index contributed by atoms with van der Waals surface area (Å²) < 4.78 is 15.6. The van der Waals surface area contributed by atoms with E-state index in [1.165, 1.54) is 18.9 Å². The molecule has 1 saturated heterocycles. The number of nitrogens with one attached hydrogen (secondary N) is 1. The minimum Gasteiger partial charge on any atom is -0.497 e. The first kappa shape index (κ1) is 24.1. The summed E-state index contributed by atoms with van der Waals surface area (Å²) in [5.74, 6) is 0.304. The van der Waals surface area contributed by atoms with Gasteiger partial charge in [0.25, 0.3) is 5.91 Å². The molecule has 1 N–H and O–H groups in total. The average Bonchev–Trinajstić information content (AvgIpc) is 2.84. The maximum absolute atomic E-state index is 13.1.